The van der Waals surface area contributed by atoms with Gasteiger partial charge in [-0.15, -0.1) is 0 Å². The lowest BCUT2D eigenvalue weighted by Crippen LogP contribution is -2.34. The van der Waals surface area contributed by atoms with E-state index in [4.69, 9.17) is 4.74 Å². The Labute approximate surface area is 175 Å². The van der Waals surface area contributed by atoms with Crippen molar-refractivity contribution in [3.8, 4) is 16.9 Å². The molecule has 2 aliphatic rings. The van der Waals surface area contributed by atoms with Crippen molar-refractivity contribution >= 4 is 5.69 Å². The van der Waals surface area contributed by atoms with E-state index in [0.29, 0.717) is 0 Å². The number of hydrogen-bond donors (Lipinski definition) is 1. The summed E-state index contributed by atoms with van der Waals surface area (Å²) in [5, 5.41) is 3.64. The van der Waals surface area contributed by atoms with E-state index in [0.717, 1.165) is 31.3 Å². The maximum absolute atomic E-state index is 6.32. The van der Waals surface area contributed by atoms with Gasteiger partial charge < -0.3 is 10.1 Å². The Morgan fingerprint density at radius 3 is 2.14 bits per heavy atom. The third kappa shape index (κ3) is 5.97. The van der Waals surface area contributed by atoms with Crippen molar-refractivity contribution in [2.75, 3.05) is 51.3 Å². The Bertz CT molecular complexity index is 737. The molecule has 2 fully saturated rings. The standard InChI is InChI=1S/C25H35N3O/c1-4-10-22(11-5-1)23-12-13-24(26-21-28-16-8-3-9-17-28)25(20-23)29-19-18-27-14-6-2-7-15-27/h1,4-5,10-13,20,26H,2-3,6-9,14-19,21H2. The third-order valence-electron chi connectivity index (χ3n) is 6.14. The zero-order valence-corrected chi connectivity index (χ0v) is 17.6. The smallest absolute Gasteiger partial charge is 0.143 e. The number of likely N-dealkylation sites (tertiary alicyclic amines) is 2. The van der Waals surface area contributed by atoms with Crippen LogP contribution in [0.15, 0.2) is 48.5 Å². The number of anilines is 1. The average Bonchev–Trinajstić information content (AvgIpc) is 2.80. The molecule has 29 heavy (non-hydrogen) atoms. The number of ether oxygens (including phenoxy) is 1. The van der Waals surface area contributed by atoms with E-state index in [2.05, 4.69) is 63.6 Å². The van der Waals surface area contributed by atoms with Crippen LogP contribution in [-0.4, -0.2) is 55.8 Å². The zero-order valence-electron chi connectivity index (χ0n) is 17.6. The molecule has 2 aromatic carbocycles. The van der Waals surface area contributed by atoms with Crippen LogP contribution in [-0.2, 0) is 0 Å². The minimum absolute atomic E-state index is 0.747. The molecule has 0 bridgehead atoms. The summed E-state index contributed by atoms with van der Waals surface area (Å²) < 4.78 is 6.32. The molecule has 0 saturated carbocycles. The van der Waals surface area contributed by atoms with Gasteiger partial charge in [-0.05, 0) is 75.1 Å². The fourth-order valence-corrected chi connectivity index (χ4v) is 4.38. The van der Waals surface area contributed by atoms with E-state index < -0.39 is 0 Å². The van der Waals surface area contributed by atoms with Crippen LogP contribution in [0.1, 0.15) is 38.5 Å². The van der Waals surface area contributed by atoms with E-state index in [-0.39, 0.29) is 0 Å². The summed E-state index contributed by atoms with van der Waals surface area (Å²) in [6.45, 7) is 7.48. The molecule has 2 saturated heterocycles. The van der Waals surface area contributed by atoms with Crippen LogP contribution in [0.5, 0.6) is 5.75 Å². The lowest BCUT2D eigenvalue weighted by molar-refractivity contribution is 0.183. The number of benzene rings is 2. The van der Waals surface area contributed by atoms with E-state index in [1.54, 1.807) is 0 Å². The van der Waals surface area contributed by atoms with Crippen molar-refractivity contribution in [2.24, 2.45) is 0 Å². The van der Waals surface area contributed by atoms with Gasteiger partial charge in [-0.25, -0.2) is 0 Å². The Balaban J connectivity index is 1.43. The van der Waals surface area contributed by atoms with Crippen molar-refractivity contribution in [3.05, 3.63) is 48.5 Å². The summed E-state index contributed by atoms with van der Waals surface area (Å²) in [5.41, 5.74) is 3.55. The van der Waals surface area contributed by atoms with Gasteiger partial charge >= 0.3 is 0 Å². The first-order chi connectivity index (χ1) is 14.4. The normalized spacial score (nSPS) is 18.5. The van der Waals surface area contributed by atoms with Gasteiger partial charge in [0.2, 0.25) is 0 Å². The fourth-order valence-electron chi connectivity index (χ4n) is 4.38. The minimum atomic E-state index is 0.747. The molecule has 0 radical (unpaired) electrons. The first kappa shape index (κ1) is 20.2. The molecule has 0 atom stereocenters. The second kappa shape index (κ2) is 10.7. The predicted octanol–water partition coefficient (Wildman–Crippen LogP) is 5.07. The van der Waals surface area contributed by atoms with Crippen LogP contribution in [0.2, 0.25) is 0 Å². The highest BCUT2D eigenvalue weighted by Gasteiger charge is 2.13. The van der Waals surface area contributed by atoms with Crippen molar-refractivity contribution in [1.82, 2.24) is 9.80 Å². The average molecular weight is 394 g/mol. The van der Waals surface area contributed by atoms with Crippen molar-refractivity contribution in [2.45, 2.75) is 38.5 Å². The Kier molecular flexibility index (Phi) is 7.44. The molecular formula is C25H35N3O. The van der Waals surface area contributed by atoms with Crippen molar-refractivity contribution in [1.29, 1.82) is 0 Å². The molecule has 0 aliphatic carbocycles. The Hall–Kier alpha value is -2.04. The first-order valence-corrected chi connectivity index (χ1v) is 11.4. The van der Waals surface area contributed by atoms with Crippen LogP contribution in [0, 0.1) is 0 Å². The van der Waals surface area contributed by atoms with Gasteiger partial charge in [0, 0.05) is 6.54 Å². The largest absolute Gasteiger partial charge is 0.490 e. The van der Waals surface area contributed by atoms with Crippen LogP contribution in [0.3, 0.4) is 0 Å². The van der Waals surface area contributed by atoms with E-state index >= 15 is 0 Å². The maximum Gasteiger partial charge on any atom is 0.143 e. The number of nitrogens with one attached hydrogen (secondary N) is 1. The molecule has 0 unspecified atom stereocenters. The second-order valence-electron chi connectivity index (χ2n) is 8.34. The second-order valence-corrected chi connectivity index (χ2v) is 8.34. The molecule has 2 heterocycles. The molecule has 4 rings (SSSR count). The van der Waals surface area contributed by atoms with Gasteiger partial charge in [0.15, 0.2) is 0 Å². The number of nitrogens with zero attached hydrogens (tertiary/aromatic N) is 2. The predicted molar refractivity (Wildman–Crippen MR) is 122 cm³/mol. The molecule has 4 heteroatoms. The summed E-state index contributed by atoms with van der Waals surface area (Å²) in [4.78, 5) is 5.04. The van der Waals surface area contributed by atoms with E-state index in [9.17, 15) is 0 Å². The quantitative estimate of drug-likeness (QED) is 0.677. The molecule has 0 amide bonds. The first-order valence-electron chi connectivity index (χ1n) is 11.4. The highest BCUT2D eigenvalue weighted by Crippen LogP contribution is 2.31. The molecule has 2 aromatic rings. The van der Waals surface area contributed by atoms with Crippen LogP contribution in [0.4, 0.5) is 5.69 Å². The molecule has 1 N–H and O–H groups in total. The zero-order chi connectivity index (χ0) is 19.7. The van der Waals surface area contributed by atoms with Gasteiger partial charge in [0.1, 0.15) is 12.4 Å². The van der Waals surface area contributed by atoms with Crippen LogP contribution < -0.4 is 10.1 Å². The third-order valence-corrected chi connectivity index (χ3v) is 6.14. The highest BCUT2D eigenvalue weighted by molar-refractivity contribution is 5.70. The van der Waals surface area contributed by atoms with Crippen molar-refractivity contribution < 1.29 is 4.74 Å². The van der Waals surface area contributed by atoms with Gasteiger partial charge in [0.25, 0.3) is 0 Å². The molecule has 4 nitrogen and oxygen atoms in total. The van der Waals surface area contributed by atoms with Gasteiger partial charge in [-0.1, -0.05) is 49.2 Å². The van der Waals surface area contributed by atoms with Gasteiger partial charge in [-0.3, -0.25) is 9.80 Å². The van der Waals surface area contributed by atoms with Gasteiger partial charge in [0.05, 0.1) is 12.4 Å². The van der Waals surface area contributed by atoms with Crippen LogP contribution >= 0.6 is 0 Å². The summed E-state index contributed by atoms with van der Waals surface area (Å²) in [6, 6.07) is 17.1. The molecule has 156 valence electrons. The number of rotatable bonds is 8. The SMILES string of the molecule is c1ccc(-c2ccc(NCN3CCCCC3)c(OCCN3CCCCC3)c2)cc1. The minimum Gasteiger partial charge on any atom is -0.490 e. The summed E-state index contributed by atoms with van der Waals surface area (Å²) in [5.74, 6) is 0.973. The van der Waals surface area contributed by atoms with E-state index in [1.165, 1.54) is 75.8 Å². The fraction of sp³-hybridized carbons (Fsp3) is 0.520. The Morgan fingerprint density at radius 1 is 0.724 bits per heavy atom. The summed E-state index contributed by atoms with van der Waals surface area (Å²) >= 11 is 0. The molecular weight excluding hydrogens is 358 g/mol. The molecule has 0 spiro atoms. The van der Waals surface area contributed by atoms with E-state index in [1.807, 2.05) is 0 Å². The van der Waals surface area contributed by atoms with Gasteiger partial charge in [-0.2, -0.15) is 0 Å². The lowest BCUT2D eigenvalue weighted by Gasteiger charge is -2.28. The molecule has 2 aliphatic heterocycles. The number of piperidine rings is 2. The topological polar surface area (TPSA) is 27.7 Å². The Morgan fingerprint density at radius 2 is 1.41 bits per heavy atom. The lowest BCUT2D eigenvalue weighted by atomic mass is 10.0. The summed E-state index contributed by atoms with van der Waals surface area (Å²) in [7, 11) is 0. The molecule has 0 aromatic heterocycles. The highest BCUT2D eigenvalue weighted by atomic mass is 16.5. The van der Waals surface area contributed by atoms with Crippen molar-refractivity contribution in [3.63, 3.8) is 0 Å². The maximum atomic E-state index is 6.32. The number of hydrogen-bond acceptors (Lipinski definition) is 4. The monoisotopic (exact) mass is 393 g/mol. The van der Waals surface area contributed by atoms with Crippen LogP contribution in [0.25, 0.3) is 11.1 Å². The summed E-state index contributed by atoms with van der Waals surface area (Å²) in [6.07, 6.45) is 8.02.